The third-order valence-electron chi connectivity index (χ3n) is 5.69. The lowest BCUT2D eigenvalue weighted by Crippen LogP contribution is -2.33. The van der Waals surface area contributed by atoms with Gasteiger partial charge in [-0.2, -0.15) is 0 Å². The van der Waals surface area contributed by atoms with Crippen molar-refractivity contribution in [1.82, 2.24) is 14.9 Å². The van der Waals surface area contributed by atoms with Gasteiger partial charge in [0, 0.05) is 10.4 Å². The predicted molar refractivity (Wildman–Crippen MR) is 121 cm³/mol. The van der Waals surface area contributed by atoms with Crippen molar-refractivity contribution in [2.24, 2.45) is 0 Å². The molecule has 0 bridgehead atoms. The Morgan fingerprint density at radius 2 is 2.10 bits per heavy atom. The fourth-order valence-corrected chi connectivity index (χ4v) is 5.44. The van der Waals surface area contributed by atoms with Gasteiger partial charge < -0.3 is 9.73 Å². The van der Waals surface area contributed by atoms with Crippen LogP contribution in [0.15, 0.2) is 51.9 Å². The van der Waals surface area contributed by atoms with E-state index in [9.17, 15) is 9.59 Å². The third-order valence-corrected chi connectivity index (χ3v) is 6.88. The van der Waals surface area contributed by atoms with E-state index in [0.29, 0.717) is 17.0 Å². The molecule has 0 aliphatic heterocycles. The Morgan fingerprint density at radius 1 is 1.23 bits per heavy atom. The highest BCUT2D eigenvalue weighted by Gasteiger charge is 2.23. The number of amides is 1. The highest BCUT2D eigenvalue weighted by Crippen LogP contribution is 2.34. The summed E-state index contributed by atoms with van der Waals surface area (Å²) in [6, 6.07) is 11.5. The van der Waals surface area contributed by atoms with E-state index in [0.717, 1.165) is 47.2 Å². The minimum atomic E-state index is -0.252. The first-order valence-corrected chi connectivity index (χ1v) is 11.3. The number of aromatic nitrogens is 2. The van der Waals surface area contributed by atoms with Crippen LogP contribution in [0.2, 0.25) is 0 Å². The SMILES string of the molecule is Cc1cccc(-c2nc3sc4c(c3c(=O)n2CC(=O)NCc2ccco2)CCCC4)c1. The first kappa shape index (κ1) is 19.8. The highest BCUT2D eigenvalue weighted by atomic mass is 32.1. The number of furan rings is 1. The lowest BCUT2D eigenvalue weighted by atomic mass is 9.97. The summed E-state index contributed by atoms with van der Waals surface area (Å²) in [6.07, 6.45) is 5.70. The van der Waals surface area contributed by atoms with Gasteiger partial charge in [-0.1, -0.05) is 23.8 Å². The number of nitrogens with one attached hydrogen (secondary N) is 1. The maximum Gasteiger partial charge on any atom is 0.263 e. The fourth-order valence-electron chi connectivity index (χ4n) is 4.19. The normalized spacial score (nSPS) is 13.3. The van der Waals surface area contributed by atoms with Crippen molar-refractivity contribution in [3.8, 4) is 11.4 Å². The van der Waals surface area contributed by atoms with Gasteiger partial charge in [-0.25, -0.2) is 4.98 Å². The number of benzene rings is 1. The molecule has 0 fully saturated rings. The van der Waals surface area contributed by atoms with Gasteiger partial charge in [0.25, 0.3) is 5.56 Å². The summed E-state index contributed by atoms with van der Waals surface area (Å²) in [6.45, 7) is 2.20. The van der Waals surface area contributed by atoms with E-state index in [1.165, 1.54) is 9.44 Å². The lowest BCUT2D eigenvalue weighted by molar-refractivity contribution is -0.121. The second-order valence-electron chi connectivity index (χ2n) is 7.94. The second kappa shape index (κ2) is 8.15. The maximum absolute atomic E-state index is 13.6. The van der Waals surface area contributed by atoms with Crippen molar-refractivity contribution in [3.05, 3.63) is 74.8 Å². The average Bonchev–Trinajstić information content (AvgIpc) is 3.41. The largest absolute Gasteiger partial charge is 0.467 e. The zero-order chi connectivity index (χ0) is 21.4. The molecule has 0 spiro atoms. The van der Waals surface area contributed by atoms with E-state index in [4.69, 9.17) is 9.40 Å². The summed E-state index contributed by atoms with van der Waals surface area (Å²) >= 11 is 1.63. The number of hydrogen-bond acceptors (Lipinski definition) is 5. The summed E-state index contributed by atoms with van der Waals surface area (Å²) < 4.78 is 6.80. The Balaban J connectivity index is 1.59. The van der Waals surface area contributed by atoms with Crippen LogP contribution < -0.4 is 10.9 Å². The first-order valence-electron chi connectivity index (χ1n) is 10.5. The van der Waals surface area contributed by atoms with Crippen LogP contribution in [0.1, 0.15) is 34.6 Å². The summed E-state index contributed by atoms with van der Waals surface area (Å²) in [7, 11) is 0. The van der Waals surface area contributed by atoms with Crippen LogP contribution >= 0.6 is 11.3 Å². The van der Waals surface area contributed by atoms with E-state index < -0.39 is 0 Å². The number of hydrogen-bond donors (Lipinski definition) is 1. The molecule has 0 atom stereocenters. The molecule has 5 rings (SSSR count). The number of aryl methyl sites for hydroxylation is 3. The molecule has 1 N–H and O–H groups in total. The Bertz CT molecular complexity index is 1320. The monoisotopic (exact) mass is 433 g/mol. The maximum atomic E-state index is 13.6. The van der Waals surface area contributed by atoms with Crippen molar-refractivity contribution in [3.63, 3.8) is 0 Å². The van der Waals surface area contributed by atoms with Crippen LogP contribution in [0.25, 0.3) is 21.6 Å². The minimum Gasteiger partial charge on any atom is -0.467 e. The quantitative estimate of drug-likeness (QED) is 0.511. The summed E-state index contributed by atoms with van der Waals surface area (Å²) in [4.78, 5) is 33.3. The van der Waals surface area contributed by atoms with Crippen LogP contribution in [0.3, 0.4) is 0 Å². The van der Waals surface area contributed by atoms with E-state index in [1.54, 1.807) is 29.7 Å². The molecule has 4 aromatic rings. The van der Waals surface area contributed by atoms with Gasteiger partial charge in [0.2, 0.25) is 5.91 Å². The van der Waals surface area contributed by atoms with Gasteiger partial charge in [0.1, 0.15) is 23.0 Å². The van der Waals surface area contributed by atoms with Crippen LogP contribution in [0.4, 0.5) is 0 Å². The Kier molecular flexibility index (Phi) is 5.19. The van der Waals surface area contributed by atoms with Crippen LogP contribution in [-0.2, 0) is 30.7 Å². The molecule has 1 aromatic carbocycles. The molecule has 0 unspecified atom stereocenters. The number of carbonyl (C=O) groups is 1. The number of thiophene rings is 1. The molecular formula is C24H23N3O3S. The number of carbonyl (C=O) groups excluding carboxylic acids is 1. The van der Waals surface area contributed by atoms with Crippen LogP contribution in [0, 0.1) is 6.92 Å². The van der Waals surface area contributed by atoms with Crippen LogP contribution in [-0.4, -0.2) is 15.5 Å². The van der Waals surface area contributed by atoms with Gasteiger partial charge in [-0.05, 0) is 56.4 Å². The van der Waals surface area contributed by atoms with Gasteiger partial charge in [-0.15, -0.1) is 11.3 Å². The third kappa shape index (κ3) is 3.81. The molecule has 3 heterocycles. The molecule has 0 saturated heterocycles. The fraction of sp³-hybridized carbons (Fsp3) is 0.292. The Morgan fingerprint density at radius 3 is 2.90 bits per heavy atom. The zero-order valence-corrected chi connectivity index (χ0v) is 18.1. The van der Waals surface area contributed by atoms with Crippen molar-refractivity contribution in [1.29, 1.82) is 0 Å². The van der Waals surface area contributed by atoms with E-state index >= 15 is 0 Å². The summed E-state index contributed by atoms with van der Waals surface area (Å²) in [5.74, 6) is 0.950. The van der Waals surface area contributed by atoms with Gasteiger partial charge in [-0.3, -0.25) is 14.2 Å². The lowest BCUT2D eigenvalue weighted by Gasteiger charge is -2.14. The van der Waals surface area contributed by atoms with Crippen molar-refractivity contribution >= 4 is 27.5 Å². The summed E-state index contributed by atoms with van der Waals surface area (Å²) in [5, 5.41) is 3.53. The highest BCUT2D eigenvalue weighted by molar-refractivity contribution is 7.18. The number of rotatable bonds is 5. The Hall–Kier alpha value is -3.19. The van der Waals surface area contributed by atoms with E-state index in [1.807, 2.05) is 31.2 Å². The Labute approximate surface area is 183 Å². The molecule has 158 valence electrons. The molecule has 1 aliphatic carbocycles. The molecule has 31 heavy (non-hydrogen) atoms. The summed E-state index contributed by atoms with van der Waals surface area (Å²) in [5.41, 5.74) is 2.91. The molecular weight excluding hydrogens is 410 g/mol. The number of nitrogens with zero attached hydrogens (tertiary/aromatic N) is 2. The topological polar surface area (TPSA) is 77.1 Å². The predicted octanol–water partition coefficient (Wildman–Crippen LogP) is 4.22. The number of fused-ring (bicyclic) bond motifs is 3. The average molecular weight is 434 g/mol. The molecule has 3 aromatic heterocycles. The van der Waals surface area contributed by atoms with Gasteiger partial charge >= 0.3 is 0 Å². The van der Waals surface area contributed by atoms with Crippen molar-refractivity contribution in [2.45, 2.75) is 45.7 Å². The molecule has 0 radical (unpaired) electrons. The minimum absolute atomic E-state index is 0.0869. The molecule has 7 heteroatoms. The molecule has 1 aliphatic rings. The molecule has 6 nitrogen and oxygen atoms in total. The van der Waals surface area contributed by atoms with Crippen molar-refractivity contribution in [2.75, 3.05) is 0 Å². The molecule has 0 saturated carbocycles. The van der Waals surface area contributed by atoms with Crippen LogP contribution in [0.5, 0.6) is 0 Å². The zero-order valence-electron chi connectivity index (χ0n) is 17.3. The first-order chi connectivity index (χ1) is 15.1. The van der Waals surface area contributed by atoms with Gasteiger partial charge in [0.15, 0.2) is 0 Å². The van der Waals surface area contributed by atoms with Gasteiger partial charge in [0.05, 0.1) is 18.2 Å². The van der Waals surface area contributed by atoms with Crippen molar-refractivity contribution < 1.29 is 9.21 Å². The smallest absolute Gasteiger partial charge is 0.263 e. The molecule has 1 amide bonds. The van der Waals surface area contributed by atoms with E-state index in [-0.39, 0.29) is 24.6 Å². The standard InChI is InChI=1S/C24H23N3O3S/c1-15-6-4-7-16(12-15)22-26-23-21(18-9-2-3-10-19(18)31-23)24(29)27(22)14-20(28)25-13-17-8-5-11-30-17/h4-8,11-12H,2-3,9-10,13-14H2,1H3,(H,25,28). The second-order valence-corrected chi connectivity index (χ2v) is 9.03. The van der Waals surface area contributed by atoms with E-state index in [2.05, 4.69) is 5.32 Å².